The van der Waals surface area contributed by atoms with Crippen LogP contribution in [-0.4, -0.2) is 51.7 Å². The molecule has 1 aromatic carbocycles. The molecular formula is C16H20ClN5O3. The zero-order valence-electron chi connectivity index (χ0n) is 13.8. The van der Waals surface area contributed by atoms with Gasteiger partial charge >= 0.3 is 0 Å². The highest BCUT2D eigenvalue weighted by Crippen LogP contribution is 2.20. The first kappa shape index (κ1) is 18.9. The number of nitrogens with zero attached hydrogens (tertiary/aromatic N) is 4. The van der Waals surface area contributed by atoms with Crippen LogP contribution in [0.1, 0.15) is 23.2 Å². The first-order valence-corrected chi connectivity index (χ1v) is 7.85. The Bertz CT molecular complexity index is 746. The molecule has 1 amide bonds. The zero-order chi connectivity index (χ0) is 17.1. The normalized spacial score (nSPS) is 16.5. The van der Waals surface area contributed by atoms with Gasteiger partial charge in [0, 0.05) is 37.5 Å². The van der Waals surface area contributed by atoms with E-state index in [-0.39, 0.29) is 30.0 Å². The third-order valence-corrected chi connectivity index (χ3v) is 4.23. The van der Waals surface area contributed by atoms with Crippen LogP contribution in [0.15, 0.2) is 36.7 Å². The lowest BCUT2D eigenvalue weighted by molar-refractivity contribution is -0.384. The van der Waals surface area contributed by atoms with Gasteiger partial charge in [-0.1, -0.05) is 0 Å². The van der Waals surface area contributed by atoms with Gasteiger partial charge in [0.1, 0.15) is 0 Å². The van der Waals surface area contributed by atoms with Crippen molar-refractivity contribution < 1.29 is 9.72 Å². The molecule has 0 spiro atoms. The Morgan fingerprint density at radius 2 is 2.12 bits per heavy atom. The summed E-state index contributed by atoms with van der Waals surface area (Å²) in [5, 5.41) is 18.0. The summed E-state index contributed by atoms with van der Waals surface area (Å²) >= 11 is 0. The predicted octanol–water partition coefficient (Wildman–Crippen LogP) is 2.03. The third-order valence-electron chi connectivity index (χ3n) is 4.23. The lowest BCUT2D eigenvalue weighted by atomic mass is 10.2. The molecule has 25 heavy (non-hydrogen) atoms. The maximum atomic E-state index is 12.7. The summed E-state index contributed by atoms with van der Waals surface area (Å²) in [6.45, 7) is 1.54. The van der Waals surface area contributed by atoms with Gasteiger partial charge in [-0.25, -0.2) is 4.68 Å². The van der Waals surface area contributed by atoms with Gasteiger partial charge in [0.05, 0.1) is 22.4 Å². The number of nitrogens with one attached hydrogen (secondary N) is 1. The molecule has 0 aliphatic carbocycles. The number of aromatic nitrogens is 2. The maximum absolute atomic E-state index is 12.7. The molecule has 9 heteroatoms. The molecule has 1 atom stereocenters. The average Bonchev–Trinajstić information content (AvgIpc) is 3.24. The van der Waals surface area contributed by atoms with Gasteiger partial charge in [-0.15, -0.1) is 12.4 Å². The van der Waals surface area contributed by atoms with Gasteiger partial charge in [-0.05, 0) is 32.0 Å². The van der Waals surface area contributed by atoms with Crippen molar-refractivity contribution in [3.8, 4) is 5.69 Å². The molecule has 134 valence electrons. The van der Waals surface area contributed by atoms with E-state index < -0.39 is 4.92 Å². The molecule has 3 rings (SSSR count). The molecule has 1 unspecified atom stereocenters. The van der Waals surface area contributed by atoms with Crippen molar-refractivity contribution in [2.24, 2.45) is 0 Å². The predicted molar refractivity (Wildman–Crippen MR) is 95.5 cm³/mol. The molecule has 1 N–H and O–H groups in total. The molecule has 1 saturated heterocycles. The summed E-state index contributed by atoms with van der Waals surface area (Å²) in [5.41, 5.74) is 1.22. The molecule has 8 nitrogen and oxygen atoms in total. The Hall–Kier alpha value is -2.45. The van der Waals surface area contributed by atoms with Crippen molar-refractivity contribution in [3.05, 3.63) is 52.3 Å². The van der Waals surface area contributed by atoms with E-state index >= 15 is 0 Å². The van der Waals surface area contributed by atoms with Gasteiger partial charge in [0.25, 0.3) is 11.6 Å². The number of hydrogen-bond donors (Lipinski definition) is 1. The van der Waals surface area contributed by atoms with E-state index in [0.717, 1.165) is 25.9 Å². The number of amides is 1. The Kier molecular flexibility index (Phi) is 6.11. The van der Waals surface area contributed by atoms with Gasteiger partial charge in [-0.3, -0.25) is 14.9 Å². The van der Waals surface area contributed by atoms with Crippen LogP contribution in [0.5, 0.6) is 0 Å². The summed E-state index contributed by atoms with van der Waals surface area (Å²) in [6, 6.07) is 6.27. The Labute approximate surface area is 151 Å². The lowest BCUT2D eigenvalue weighted by Gasteiger charge is -2.23. The van der Waals surface area contributed by atoms with E-state index in [1.165, 1.54) is 12.1 Å². The highest BCUT2D eigenvalue weighted by atomic mass is 35.5. The van der Waals surface area contributed by atoms with Crippen molar-refractivity contribution in [2.45, 2.75) is 18.9 Å². The van der Waals surface area contributed by atoms with Gasteiger partial charge in [-0.2, -0.15) is 5.10 Å². The van der Waals surface area contributed by atoms with E-state index in [2.05, 4.69) is 10.4 Å². The number of nitro benzene ring substituents is 1. The van der Waals surface area contributed by atoms with Crippen LogP contribution in [0.4, 0.5) is 5.69 Å². The first-order chi connectivity index (χ1) is 11.6. The van der Waals surface area contributed by atoms with E-state index in [1.54, 1.807) is 29.2 Å². The molecule has 0 saturated carbocycles. The highest BCUT2D eigenvalue weighted by molar-refractivity contribution is 5.94. The SMILES string of the molecule is CNCC1CCCN1C(=O)c1cnn(-c2ccc([N+](=O)[O-])cc2)c1.Cl. The summed E-state index contributed by atoms with van der Waals surface area (Å²) in [7, 11) is 1.88. The number of hydrogen-bond acceptors (Lipinski definition) is 5. The van der Waals surface area contributed by atoms with Crippen LogP contribution in [0.25, 0.3) is 5.69 Å². The second-order valence-corrected chi connectivity index (χ2v) is 5.80. The molecular weight excluding hydrogens is 346 g/mol. The third kappa shape index (κ3) is 3.97. The number of nitro groups is 1. The molecule has 1 fully saturated rings. The monoisotopic (exact) mass is 365 g/mol. The van der Waals surface area contributed by atoms with Gasteiger partial charge in [0.2, 0.25) is 0 Å². The number of non-ortho nitro benzene ring substituents is 1. The lowest BCUT2D eigenvalue weighted by Crippen LogP contribution is -2.40. The summed E-state index contributed by atoms with van der Waals surface area (Å²) in [4.78, 5) is 24.8. The molecule has 2 heterocycles. The second-order valence-electron chi connectivity index (χ2n) is 5.80. The van der Waals surface area contributed by atoms with Crippen molar-refractivity contribution in [2.75, 3.05) is 20.1 Å². The average molecular weight is 366 g/mol. The van der Waals surface area contributed by atoms with E-state index in [1.807, 2.05) is 11.9 Å². The topological polar surface area (TPSA) is 93.3 Å². The number of halogens is 1. The quantitative estimate of drug-likeness (QED) is 0.646. The molecule has 1 aromatic heterocycles. The van der Waals surface area contributed by atoms with Gasteiger partial charge < -0.3 is 10.2 Å². The molecule has 1 aliphatic heterocycles. The number of likely N-dealkylation sites (tertiary alicyclic amines) is 1. The van der Waals surface area contributed by atoms with Crippen LogP contribution in [0.3, 0.4) is 0 Å². The van der Waals surface area contributed by atoms with Crippen LogP contribution < -0.4 is 5.32 Å². The minimum absolute atomic E-state index is 0. The smallest absolute Gasteiger partial charge is 0.269 e. The van der Waals surface area contributed by atoms with E-state index in [9.17, 15) is 14.9 Å². The van der Waals surface area contributed by atoms with Crippen molar-refractivity contribution in [3.63, 3.8) is 0 Å². The highest BCUT2D eigenvalue weighted by Gasteiger charge is 2.29. The van der Waals surface area contributed by atoms with Crippen LogP contribution in [-0.2, 0) is 0 Å². The Balaban J connectivity index is 0.00000225. The molecule has 0 bridgehead atoms. The maximum Gasteiger partial charge on any atom is 0.269 e. The zero-order valence-corrected chi connectivity index (χ0v) is 14.6. The number of carbonyl (C=O) groups excluding carboxylic acids is 1. The van der Waals surface area contributed by atoms with Crippen molar-refractivity contribution >= 4 is 24.0 Å². The minimum atomic E-state index is -0.447. The molecule has 0 radical (unpaired) electrons. The fraction of sp³-hybridized carbons (Fsp3) is 0.375. The molecule has 1 aliphatic rings. The van der Waals surface area contributed by atoms with Crippen LogP contribution >= 0.6 is 12.4 Å². The number of carbonyl (C=O) groups is 1. The first-order valence-electron chi connectivity index (χ1n) is 7.85. The molecule has 2 aromatic rings. The van der Waals surface area contributed by atoms with Crippen LogP contribution in [0, 0.1) is 10.1 Å². The fourth-order valence-electron chi connectivity index (χ4n) is 3.02. The van der Waals surface area contributed by atoms with E-state index in [0.29, 0.717) is 11.3 Å². The summed E-state index contributed by atoms with van der Waals surface area (Å²) in [5.74, 6) is -0.0269. The summed E-state index contributed by atoms with van der Waals surface area (Å²) in [6.07, 6.45) is 5.22. The van der Waals surface area contributed by atoms with Crippen molar-refractivity contribution in [1.82, 2.24) is 20.0 Å². The standard InChI is InChI=1S/C16H19N5O3.ClH/c1-17-10-15-3-2-8-19(15)16(22)12-9-18-20(11-12)13-4-6-14(7-5-13)21(23)24;/h4-7,9,11,15,17H,2-3,8,10H2,1H3;1H. The van der Waals surface area contributed by atoms with Crippen LogP contribution in [0.2, 0.25) is 0 Å². The Morgan fingerprint density at radius 3 is 2.76 bits per heavy atom. The summed E-state index contributed by atoms with van der Waals surface area (Å²) < 4.78 is 1.56. The fourth-order valence-corrected chi connectivity index (χ4v) is 3.02. The van der Waals surface area contributed by atoms with Crippen molar-refractivity contribution in [1.29, 1.82) is 0 Å². The van der Waals surface area contributed by atoms with Gasteiger partial charge in [0.15, 0.2) is 0 Å². The number of benzene rings is 1. The second kappa shape index (κ2) is 8.09. The minimum Gasteiger partial charge on any atom is -0.334 e. The number of likely N-dealkylation sites (N-methyl/N-ethyl adjacent to an activating group) is 1. The Morgan fingerprint density at radius 1 is 1.40 bits per heavy atom. The van der Waals surface area contributed by atoms with E-state index in [4.69, 9.17) is 0 Å². The largest absolute Gasteiger partial charge is 0.334 e. The number of rotatable bonds is 5.